The van der Waals surface area contributed by atoms with E-state index < -0.39 is 17.8 Å². The molecule has 4 N–H and O–H groups in total. The zero-order chi connectivity index (χ0) is 18.0. The Morgan fingerprint density at radius 3 is 2.56 bits per heavy atom. The van der Waals surface area contributed by atoms with Gasteiger partial charge in [-0.15, -0.1) is 0 Å². The van der Waals surface area contributed by atoms with Crippen LogP contribution in [0, 0.1) is 0 Å². The number of nitrogens with zero attached hydrogens (tertiary/aromatic N) is 1. The standard InChI is InChI=1S/C16H13F3N4OS/c17-16(18,19)10-3-1-9(2-4-10)7-21-15(24)22-13-6-5-12(20)14-11(13)8-25-23-14/h1-6,8H,7,20H2,(H2,21,22,24). The van der Waals surface area contributed by atoms with Gasteiger partial charge in [0, 0.05) is 17.3 Å². The molecule has 0 unspecified atom stereocenters. The summed E-state index contributed by atoms with van der Waals surface area (Å²) in [6, 6.07) is 7.46. The van der Waals surface area contributed by atoms with Crippen LogP contribution in [-0.4, -0.2) is 10.4 Å². The van der Waals surface area contributed by atoms with Crippen LogP contribution in [0.3, 0.4) is 0 Å². The third-order valence-electron chi connectivity index (χ3n) is 3.55. The first-order chi connectivity index (χ1) is 11.8. The van der Waals surface area contributed by atoms with Gasteiger partial charge in [0.1, 0.15) is 5.52 Å². The van der Waals surface area contributed by atoms with Crippen LogP contribution in [-0.2, 0) is 12.7 Å². The van der Waals surface area contributed by atoms with Crippen LogP contribution >= 0.6 is 11.5 Å². The first kappa shape index (κ1) is 17.0. The van der Waals surface area contributed by atoms with Gasteiger partial charge < -0.3 is 16.4 Å². The number of nitrogens with two attached hydrogens (primary N) is 1. The summed E-state index contributed by atoms with van der Waals surface area (Å²) in [6.45, 7) is 0.101. The van der Waals surface area contributed by atoms with Crippen molar-refractivity contribution in [3.8, 4) is 0 Å². The fourth-order valence-corrected chi connectivity index (χ4v) is 2.95. The van der Waals surface area contributed by atoms with Crippen molar-refractivity contribution in [1.82, 2.24) is 9.69 Å². The quantitative estimate of drug-likeness (QED) is 0.607. The number of halogens is 3. The van der Waals surface area contributed by atoms with Crippen LogP contribution in [0.4, 0.5) is 29.3 Å². The zero-order valence-electron chi connectivity index (χ0n) is 12.7. The molecule has 0 spiro atoms. The number of amides is 2. The average molecular weight is 366 g/mol. The van der Waals surface area contributed by atoms with Gasteiger partial charge in [0.25, 0.3) is 0 Å². The Morgan fingerprint density at radius 2 is 1.88 bits per heavy atom. The molecule has 0 radical (unpaired) electrons. The van der Waals surface area contributed by atoms with E-state index in [9.17, 15) is 18.0 Å². The number of hydrogen-bond donors (Lipinski definition) is 3. The fraction of sp³-hybridized carbons (Fsp3) is 0.125. The molecule has 1 heterocycles. The molecule has 3 aromatic rings. The van der Waals surface area contributed by atoms with E-state index in [1.165, 1.54) is 23.7 Å². The van der Waals surface area contributed by atoms with Crippen molar-refractivity contribution in [1.29, 1.82) is 0 Å². The van der Waals surface area contributed by atoms with Crippen molar-refractivity contribution in [3.05, 3.63) is 52.9 Å². The molecule has 1 aromatic heterocycles. The molecule has 0 saturated heterocycles. The number of carbonyl (C=O) groups excluding carboxylic acids is 1. The molecule has 0 aliphatic heterocycles. The molecule has 0 atom stereocenters. The van der Waals surface area contributed by atoms with Crippen molar-refractivity contribution >= 4 is 39.8 Å². The summed E-state index contributed by atoms with van der Waals surface area (Å²) in [5.41, 5.74) is 7.34. The molecule has 0 saturated carbocycles. The largest absolute Gasteiger partial charge is 0.416 e. The molecule has 9 heteroatoms. The summed E-state index contributed by atoms with van der Waals surface area (Å²) in [6.07, 6.45) is -4.38. The van der Waals surface area contributed by atoms with Gasteiger partial charge in [-0.25, -0.2) is 4.79 Å². The van der Waals surface area contributed by atoms with Crippen molar-refractivity contribution in [2.24, 2.45) is 0 Å². The summed E-state index contributed by atoms with van der Waals surface area (Å²) in [7, 11) is 0. The second kappa shape index (κ2) is 6.60. The highest BCUT2D eigenvalue weighted by atomic mass is 32.1. The lowest BCUT2D eigenvalue weighted by molar-refractivity contribution is -0.137. The van der Waals surface area contributed by atoms with E-state index >= 15 is 0 Å². The normalized spacial score (nSPS) is 11.5. The molecule has 25 heavy (non-hydrogen) atoms. The molecular weight excluding hydrogens is 353 g/mol. The van der Waals surface area contributed by atoms with Gasteiger partial charge in [-0.05, 0) is 41.4 Å². The summed E-state index contributed by atoms with van der Waals surface area (Å²) < 4.78 is 41.7. The first-order valence-electron chi connectivity index (χ1n) is 7.18. The lowest BCUT2D eigenvalue weighted by Crippen LogP contribution is -2.28. The molecule has 2 amide bonds. The van der Waals surface area contributed by atoms with E-state index in [0.717, 1.165) is 17.5 Å². The molecule has 0 aliphatic carbocycles. The minimum Gasteiger partial charge on any atom is -0.397 e. The molecular formula is C16H13F3N4OS. The number of nitrogen functional groups attached to an aromatic ring is 1. The summed E-state index contributed by atoms with van der Waals surface area (Å²) in [5.74, 6) is 0. The predicted molar refractivity (Wildman–Crippen MR) is 91.3 cm³/mol. The third-order valence-corrected chi connectivity index (χ3v) is 4.17. The molecule has 0 aliphatic rings. The lowest BCUT2D eigenvalue weighted by atomic mass is 10.1. The van der Waals surface area contributed by atoms with Gasteiger partial charge in [-0.3, -0.25) is 0 Å². The number of urea groups is 1. The number of rotatable bonds is 3. The second-order valence-electron chi connectivity index (χ2n) is 5.28. The maximum absolute atomic E-state index is 12.5. The highest BCUT2D eigenvalue weighted by Gasteiger charge is 2.29. The first-order valence-corrected chi connectivity index (χ1v) is 8.02. The maximum atomic E-state index is 12.5. The molecule has 0 fully saturated rings. The molecule has 130 valence electrons. The lowest BCUT2D eigenvalue weighted by Gasteiger charge is -2.10. The van der Waals surface area contributed by atoms with Crippen LogP contribution < -0.4 is 16.4 Å². The number of fused-ring (bicyclic) bond motifs is 1. The number of benzene rings is 2. The van der Waals surface area contributed by atoms with E-state index in [0.29, 0.717) is 22.5 Å². The Labute approximate surface area is 144 Å². The monoisotopic (exact) mass is 366 g/mol. The average Bonchev–Trinajstić information content (AvgIpc) is 3.06. The predicted octanol–water partition coefficient (Wildman–Crippen LogP) is 4.22. The van der Waals surface area contributed by atoms with Gasteiger partial charge in [0.2, 0.25) is 0 Å². The summed E-state index contributed by atoms with van der Waals surface area (Å²) >= 11 is 1.23. The van der Waals surface area contributed by atoms with E-state index in [-0.39, 0.29) is 6.54 Å². The Kier molecular flexibility index (Phi) is 4.49. The smallest absolute Gasteiger partial charge is 0.397 e. The SMILES string of the molecule is Nc1ccc(NC(=O)NCc2ccc(C(F)(F)F)cc2)c2csnc12. The van der Waals surface area contributed by atoms with Gasteiger partial charge in [0.15, 0.2) is 0 Å². The van der Waals surface area contributed by atoms with Crippen molar-refractivity contribution in [2.75, 3.05) is 11.1 Å². The summed E-state index contributed by atoms with van der Waals surface area (Å²) in [5, 5.41) is 7.79. The molecule has 3 rings (SSSR count). The Bertz CT molecular complexity index is 906. The van der Waals surface area contributed by atoms with Crippen molar-refractivity contribution in [2.45, 2.75) is 12.7 Å². The van der Waals surface area contributed by atoms with Gasteiger partial charge >= 0.3 is 12.2 Å². The Hall–Kier alpha value is -2.81. The third kappa shape index (κ3) is 3.82. The Balaban J connectivity index is 1.63. The minimum atomic E-state index is -4.38. The van der Waals surface area contributed by atoms with Crippen LogP contribution in [0.2, 0.25) is 0 Å². The topological polar surface area (TPSA) is 80.0 Å². The van der Waals surface area contributed by atoms with E-state index in [1.54, 1.807) is 17.5 Å². The second-order valence-corrected chi connectivity index (χ2v) is 5.91. The number of carbonyl (C=O) groups is 1. The molecule has 5 nitrogen and oxygen atoms in total. The van der Waals surface area contributed by atoms with Crippen LogP contribution in [0.1, 0.15) is 11.1 Å². The van der Waals surface area contributed by atoms with Crippen LogP contribution in [0.25, 0.3) is 10.9 Å². The Morgan fingerprint density at radius 1 is 1.16 bits per heavy atom. The molecule has 0 bridgehead atoms. The van der Waals surface area contributed by atoms with Crippen molar-refractivity contribution in [3.63, 3.8) is 0 Å². The number of anilines is 2. The van der Waals surface area contributed by atoms with E-state index in [4.69, 9.17) is 5.73 Å². The van der Waals surface area contributed by atoms with Crippen molar-refractivity contribution < 1.29 is 18.0 Å². The van der Waals surface area contributed by atoms with Crippen LogP contribution in [0.15, 0.2) is 41.8 Å². The number of aromatic nitrogens is 1. The highest BCUT2D eigenvalue weighted by molar-refractivity contribution is 7.05. The molecule has 2 aromatic carbocycles. The van der Waals surface area contributed by atoms with Gasteiger partial charge in [-0.2, -0.15) is 17.5 Å². The van der Waals surface area contributed by atoms with E-state index in [1.807, 2.05) is 0 Å². The number of nitrogens with one attached hydrogen (secondary N) is 2. The summed E-state index contributed by atoms with van der Waals surface area (Å²) in [4.78, 5) is 12.0. The van der Waals surface area contributed by atoms with Gasteiger partial charge in [0.05, 0.1) is 16.9 Å². The highest BCUT2D eigenvalue weighted by Crippen LogP contribution is 2.30. The van der Waals surface area contributed by atoms with Crippen LogP contribution in [0.5, 0.6) is 0 Å². The number of hydrogen-bond acceptors (Lipinski definition) is 4. The zero-order valence-corrected chi connectivity index (χ0v) is 13.5. The maximum Gasteiger partial charge on any atom is 0.416 e. The number of alkyl halides is 3. The minimum absolute atomic E-state index is 0.101. The fourth-order valence-electron chi connectivity index (χ4n) is 2.25. The van der Waals surface area contributed by atoms with Gasteiger partial charge in [-0.1, -0.05) is 12.1 Å². The van der Waals surface area contributed by atoms with E-state index in [2.05, 4.69) is 15.0 Å².